The smallest absolute Gasteiger partial charge is 0.144 e. The third kappa shape index (κ3) is 2.11. The van der Waals surface area contributed by atoms with Crippen LogP contribution in [0.4, 0.5) is 8.78 Å². The van der Waals surface area contributed by atoms with Crippen molar-refractivity contribution in [1.29, 1.82) is 0 Å². The largest absolute Gasteiger partial charge is 0.283 e. The van der Waals surface area contributed by atoms with E-state index >= 15 is 0 Å². The molecule has 0 atom stereocenters. The summed E-state index contributed by atoms with van der Waals surface area (Å²) >= 11 is 0. The lowest BCUT2D eigenvalue weighted by Crippen LogP contribution is -2.03. The lowest BCUT2D eigenvalue weighted by molar-refractivity contribution is 0.585. The molecule has 0 aliphatic carbocycles. The van der Waals surface area contributed by atoms with E-state index in [1.807, 2.05) is 28.8 Å². The van der Waals surface area contributed by atoms with Gasteiger partial charge < -0.3 is 0 Å². The number of rotatable bonds is 2. The Labute approximate surface area is 137 Å². The van der Waals surface area contributed by atoms with Crippen molar-refractivity contribution in [3.05, 3.63) is 66.1 Å². The van der Waals surface area contributed by atoms with E-state index in [4.69, 9.17) is 0 Å². The van der Waals surface area contributed by atoms with Crippen LogP contribution in [0.1, 0.15) is 5.69 Å². The Balaban J connectivity index is 2.04. The Morgan fingerprint density at radius 2 is 1.83 bits per heavy atom. The zero-order valence-electron chi connectivity index (χ0n) is 13.2. The van der Waals surface area contributed by atoms with Gasteiger partial charge in [0.25, 0.3) is 0 Å². The van der Waals surface area contributed by atoms with Crippen LogP contribution < -0.4 is 0 Å². The van der Waals surface area contributed by atoms with Crippen molar-refractivity contribution in [2.45, 2.75) is 6.92 Å². The summed E-state index contributed by atoms with van der Waals surface area (Å²) in [5.74, 6) is -0.532. The van der Waals surface area contributed by atoms with Gasteiger partial charge in [-0.25, -0.2) is 13.8 Å². The van der Waals surface area contributed by atoms with Crippen LogP contribution in [-0.4, -0.2) is 19.3 Å². The first-order valence-corrected chi connectivity index (χ1v) is 7.47. The SMILES string of the molecule is Cc1nn(C)c(-n2cnc3ccccc32)c1-c1ccc(F)cc1F. The zero-order valence-corrected chi connectivity index (χ0v) is 13.2. The molecule has 4 rings (SSSR count). The van der Waals surface area contributed by atoms with E-state index in [-0.39, 0.29) is 0 Å². The Kier molecular flexibility index (Phi) is 3.19. The third-order valence-electron chi connectivity index (χ3n) is 4.07. The van der Waals surface area contributed by atoms with Gasteiger partial charge in [0.05, 0.1) is 22.3 Å². The fraction of sp³-hybridized carbons (Fsp3) is 0.111. The van der Waals surface area contributed by atoms with Gasteiger partial charge in [-0.2, -0.15) is 5.10 Å². The molecular weight excluding hydrogens is 310 g/mol. The van der Waals surface area contributed by atoms with Crippen molar-refractivity contribution in [3.63, 3.8) is 0 Å². The lowest BCUT2D eigenvalue weighted by atomic mass is 10.0. The number of halogens is 2. The quantitative estimate of drug-likeness (QED) is 0.558. The molecule has 6 heteroatoms. The Morgan fingerprint density at radius 3 is 2.62 bits per heavy atom. The molecule has 0 unspecified atom stereocenters. The van der Waals surface area contributed by atoms with Gasteiger partial charge in [-0.05, 0) is 31.2 Å². The van der Waals surface area contributed by atoms with E-state index in [2.05, 4.69) is 10.1 Å². The van der Waals surface area contributed by atoms with Crippen LogP contribution in [0.2, 0.25) is 0 Å². The summed E-state index contributed by atoms with van der Waals surface area (Å²) in [5.41, 5.74) is 3.33. The summed E-state index contributed by atoms with van der Waals surface area (Å²) in [4.78, 5) is 4.38. The van der Waals surface area contributed by atoms with Crippen molar-refractivity contribution in [2.75, 3.05) is 0 Å². The molecule has 0 spiro atoms. The van der Waals surface area contributed by atoms with Crippen LogP contribution in [-0.2, 0) is 7.05 Å². The first-order chi connectivity index (χ1) is 11.6. The minimum Gasteiger partial charge on any atom is -0.283 e. The molecule has 2 heterocycles. The Morgan fingerprint density at radius 1 is 1.04 bits per heavy atom. The maximum atomic E-state index is 14.4. The Hall–Kier alpha value is -3.02. The molecule has 2 aromatic carbocycles. The first-order valence-electron chi connectivity index (χ1n) is 7.47. The van der Waals surface area contributed by atoms with Crippen LogP contribution in [0.25, 0.3) is 28.0 Å². The normalized spacial score (nSPS) is 11.3. The molecule has 24 heavy (non-hydrogen) atoms. The molecule has 4 aromatic rings. The van der Waals surface area contributed by atoms with Crippen LogP contribution in [0.15, 0.2) is 48.8 Å². The van der Waals surface area contributed by atoms with E-state index in [0.29, 0.717) is 22.6 Å². The topological polar surface area (TPSA) is 35.6 Å². The van der Waals surface area contributed by atoms with Crippen molar-refractivity contribution < 1.29 is 8.78 Å². The molecule has 0 amide bonds. The van der Waals surface area contributed by atoms with Crippen LogP contribution in [0.5, 0.6) is 0 Å². The second-order valence-electron chi connectivity index (χ2n) is 5.64. The minimum atomic E-state index is -0.614. The third-order valence-corrected chi connectivity index (χ3v) is 4.07. The lowest BCUT2D eigenvalue weighted by Gasteiger charge is -2.10. The molecule has 4 nitrogen and oxygen atoms in total. The van der Waals surface area contributed by atoms with E-state index in [1.54, 1.807) is 25.0 Å². The number of hydrogen-bond acceptors (Lipinski definition) is 2. The first kappa shape index (κ1) is 14.6. The number of para-hydroxylation sites is 2. The predicted molar refractivity (Wildman–Crippen MR) is 87.9 cm³/mol. The summed E-state index contributed by atoms with van der Waals surface area (Å²) in [6.07, 6.45) is 1.69. The maximum Gasteiger partial charge on any atom is 0.144 e. The minimum absolute atomic E-state index is 0.315. The highest BCUT2D eigenvalue weighted by atomic mass is 19.1. The van der Waals surface area contributed by atoms with Crippen molar-refractivity contribution >= 4 is 11.0 Å². The molecule has 0 aliphatic heterocycles. The zero-order chi connectivity index (χ0) is 16.8. The van der Waals surface area contributed by atoms with Crippen LogP contribution in [0, 0.1) is 18.6 Å². The standard InChI is InChI=1S/C18H14F2N4/c1-11-17(13-8-7-12(19)9-14(13)20)18(23(2)22-11)24-10-21-15-5-3-4-6-16(15)24/h3-10H,1-2H3. The van der Waals surface area contributed by atoms with E-state index in [1.165, 1.54) is 12.1 Å². The van der Waals surface area contributed by atoms with Gasteiger partial charge in [-0.3, -0.25) is 9.25 Å². The molecule has 0 fully saturated rings. The summed E-state index contributed by atoms with van der Waals surface area (Å²) < 4.78 is 31.2. The van der Waals surface area contributed by atoms with Gasteiger partial charge in [0.15, 0.2) is 0 Å². The van der Waals surface area contributed by atoms with Crippen molar-refractivity contribution in [3.8, 4) is 16.9 Å². The van der Waals surface area contributed by atoms with Gasteiger partial charge in [0.1, 0.15) is 23.8 Å². The van der Waals surface area contributed by atoms with E-state index < -0.39 is 11.6 Å². The number of fused-ring (bicyclic) bond motifs is 1. The number of nitrogens with zero attached hydrogens (tertiary/aromatic N) is 4. The molecule has 120 valence electrons. The Bertz CT molecular complexity index is 1060. The van der Waals surface area contributed by atoms with Crippen molar-refractivity contribution in [1.82, 2.24) is 19.3 Å². The molecular formula is C18H14F2N4. The second kappa shape index (κ2) is 5.26. The number of hydrogen-bond donors (Lipinski definition) is 0. The summed E-state index contributed by atoms with van der Waals surface area (Å²) in [5, 5.41) is 4.42. The molecule has 0 N–H and O–H groups in total. The van der Waals surface area contributed by atoms with Gasteiger partial charge in [0.2, 0.25) is 0 Å². The summed E-state index contributed by atoms with van der Waals surface area (Å²) in [6, 6.07) is 11.3. The summed E-state index contributed by atoms with van der Waals surface area (Å²) in [6.45, 7) is 1.81. The molecule has 2 aromatic heterocycles. The molecule has 0 bridgehead atoms. The summed E-state index contributed by atoms with van der Waals surface area (Å²) in [7, 11) is 1.79. The van der Waals surface area contributed by atoms with Gasteiger partial charge in [-0.15, -0.1) is 0 Å². The number of aromatic nitrogens is 4. The van der Waals surface area contributed by atoms with E-state index in [0.717, 1.165) is 17.1 Å². The molecule has 0 saturated heterocycles. The van der Waals surface area contributed by atoms with Crippen LogP contribution in [0.3, 0.4) is 0 Å². The van der Waals surface area contributed by atoms with Crippen molar-refractivity contribution in [2.24, 2.45) is 7.05 Å². The number of imidazole rings is 1. The van der Waals surface area contributed by atoms with Gasteiger partial charge in [0, 0.05) is 18.7 Å². The molecule has 0 radical (unpaired) electrons. The average molecular weight is 324 g/mol. The number of benzene rings is 2. The second-order valence-corrected chi connectivity index (χ2v) is 5.64. The van der Waals surface area contributed by atoms with Gasteiger partial charge >= 0.3 is 0 Å². The van der Waals surface area contributed by atoms with Gasteiger partial charge in [-0.1, -0.05) is 12.1 Å². The maximum absolute atomic E-state index is 14.4. The molecule has 0 aliphatic rings. The average Bonchev–Trinajstić information content (AvgIpc) is 3.08. The monoisotopic (exact) mass is 324 g/mol. The molecule has 0 saturated carbocycles. The fourth-order valence-corrected chi connectivity index (χ4v) is 3.06. The number of aryl methyl sites for hydroxylation is 2. The van der Waals surface area contributed by atoms with E-state index in [9.17, 15) is 8.78 Å². The highest BCUT2D eigenvalue weighted by Gasteiger charge is 2.21. The highest BCUT2D eigenvalue weighted by molar-refractivity contribution is 5.81. The fourth-order valence-electron chi connectivity index (χ4n) is 3.06. The predicted octanol–water partition coefficient (Wildman–Crippen LogP) is 4.01. The highest BCUT2D eigenvalue weighted by Crippen LogP contribution is 2.33. The van der Waals surface area contributed by atoms with Crippen LogP contribution >= 0.6 is 0 Å².